The fraction of sp³-hybridized carbons (Fsp3) is 0.476. The number of rotatable bonds is 6. The van der Waals surface area contributed by atoms with Crippen molar-refractivity contribution >= 4 is 17.7 Å². The lowest BCUT2D eigenvalue weighted by molar-refractivity contribution is -0.132. The number of piperidine rings is 1. The van der Waals surface area contributed by atoms with Gasteiger partial charge in [-0.25, -0.2) is 0 Å². The summed E-state index contributed by atoms with van der Waals surface area (Å²) in [4.78, 5) is 15.1. The first-order valence-corrected chi connectivity index (χ1v) is 10.3. The van der Waals surface area contributed by atoms with Gasteiger partial charge in [-0.3, -0.25) is 4.79 Å². The largest absolute Gasteiger partial charge is 0.351 e. The van der Waals surface area contributed by atoms with E-state index in [1.807, 2.05) is 6.07 Å². The van der Waals surface area contributed by atoms with Crippen molar-refractivity contribution in [2.45, 2.75) is 43.7 Å². The average molecular weight is 357 g/mol. The Hall–Kier alpha value is -1.68. The molecule has 2 heterocycles. The van der Waals surface area contributed by atoms with Gasteiger partial charge in [-0.05, 0) is 36.5 Å². The van der Waals surface area contributed by atoms with Gasteiger partial charge in [-0.2, -0.15) is 0 Å². The van der Waals surface area contributed by atoms with Gasteiger partial charge in [-0.1, -0.05) is 44.2 Å². The van der Waals surface area contributed by atoms with Crippen LogP contribution in [0, 0.1) is 5.92 Å². The molecule has 0 spiro atoms. The first-order chi connectivity index (χ1) is 12.1. The van der Waals surface area contributed by atoms with Crippen molar-refractivity contribution in [1.82, 2.24) is 9.47 Å². The van der Waals surface area contributed by atoms with Crippen LogP contribution in [-0.2, 0) is 10.5 Å². The van der Waals surface area contributed by atoms with Crippen LogP contribution in [-0.4, -0.2) is 33.7 Å². The number of likely N-dealkylation sites (tertiary alicyclic amines) is 1. The van der Waals surface area contributed by atoms with Gasteiger partial charge in [0.1, 0.15) is 0 Å². The zero-order chi connectivity index (χ0) is 17.6. The molecule has 1 fully saturated rings. The molecule has 1 aliphatic heterocycles. The molecule has 2 aromatic rings. The van der Waals surface area contributed by atoms with E-state index in [4.69, 9.17) is 0 Å². The van der Waals surface area contributed by atoms with Gasteiger partial charge in [0.25, 0.3) is 0 Å². The third-order valence-corrected chi connectivity index (χ3v) is 6.55. The van der Waals surface area contributed by atoms with Crippen LogP contribution in [0.15, 0.2) is 54.9 Å². The molecule has 1 amide bonds. The maximum absolute atomic E-state index is 13.1. The predicted octanol–water partition coefficient (Wildman–Crippen LogP) is 4.61. The Labute approximate surface area is 155 Å². The van der Waals surface area contributed by atoms with Crippen LogP contribution in [0.25, 0.3) is 0 Å². The van der Waals surface area contributed by atoms with Crippen LogP contribution in [0.1, 0.15) is 38.3 Å². The summed E-state index contributed by atoms with van der Waals surface area (Å²) in [6, 6.07) is 15.1. The average Bonchev–Trinajstić information content (AvgIpc) is 3.17. The molecule has 1 atom stereocenters. The van der Waals surface area contributed by atoms with Gasteiger partial charge in [0, 0.05) is 37.3 Å². The third kappa shape index (κ3) is 4.69. The van der Waals surface area contributed by atoms with E-state index >= 15 is 0 Å². The van der Waals surface area contributed by atoms with Crippen LogP contribution in [0.4, 0.5) is 0 Å². The molecule has 0 saturated carbocycles. The SMILES string of the molecule is CC(C)C(SCc1ccccc1)C(=O)N1CCC(n2cccc2)CC1. The van der Waals surface area contributed by atoms with Crippen LogP contribution in [0.5, 0.6) is 0 Å². The Bertz CT molecular complexity index is 646. The van der Waals surface area contributed by atoms with Crippen molar-refractivity contribution < 1.29 is 4.79 Å². The molecule has 1 unspecified atom stereocenters. The summed E-state index contributed by atoms with van der Waals surface area (Å²) in [5.41, 5.74) is 1.29. The van der Waals surface area contributed by atoms with Gasteiger partial charge in [0.2, 0.25) is 5.91 Å². The molecule has 0 bridgehead atoms. The molecule has 0 N–H and O–H groups in total. The predicted molar refractivity (Wildman–Crippen MR) is 106 cm³/mol. The molecule has 1 aromatic carbocycles. The van der Waals surface area contributed by atoms with Crippen LogP contribution < -0.4 is 0 Å². The quantitative estimate of drug-likeness (QED) is 0.755. The zero-order valence-electron chi connectivity index (χ0n) is 15.2. The zero-order valence-corrected chi connectivity index (χ0v) is 16.0. The monoisotopic (exact) mass is 356 g/mol. The number of thioether (sulfide) groups is 1. The Morgan fingerprint density at radius 1 is 1.08 bits per heavy atom. The lowest BCUT2D eigenvalue weighted by Crippen LogP contribution is -2.44. The van der Waals surface area contributed by atoms with Gasteiger partial charge < -0.3 is 9.47 Å². The lowest BCUT2D eigenvalue weighted by Gasteiger charge is -2.35. The van der Waals surface area contributed by atoms with E-state index in [0.717, 1.165) is 31.7 Å². The molecule has 1 aliphatic rings. The summed E-state index contributed by atoms with van der Waals surface area (Å²) in [5.74, 6) is 1.57. The minimum Gasteiger partial charge on any atom is -0.351 e. The van der Waals surface area contributed by atoms with Crippen molar-refractivity contribution in [3.8, 4) is 0 Å². The fourth-order valence-electron chi connectivity index (χ4n) is 3.46. The molecular formula is C21H28N2OS. The fourth-order valence-corrected chi connectivity index (χ4v) is 4.71. The van der Waals surface area contributed by atoms with Gasteiger partial charge >= 0.3 is 0 Å². The number of carbonyl (C=O) groups is 1. The number of carbonyl (C=O) groups excluding carboxylic acids is 1. The maximum Gasteiger partial charge on any atom is 0.235 e. The second-order valence-electron chi connectivity index (χ2n) is 7.15. The molecule has 1 saturated heterocycles. The van der Waals surface area contributed by atoms with E-state index < -0.39 is 0 Å². The van der Waals surface area contributed by atoms with Crippen LogP contribution >= 0.6 is 11.8 Å². The molecule has 3 nitrogen and oxygen atoms in total. The van der Waals surface area contributed by atoms with Crippen LogP contribution in [0.3, 0.4) is 0 Å². The number of hydrogen-bond acceptors (Lipinski definition) is 2. The normalized spacial score (nSPS) is 17.0. The highest BCUT2D eigenvalue weighted by molar-refractivity contribution is 7.99. The molecule has 0 aliphatic carbocycles. The first kappa shape index (κ1) is 18.1. The van der Waals surface area contributed by atoms with E-state index in [-0.39, 0.29) is 5.25 Å². The number of hydrogen-bond donors (Lipinski definition) is 0. The lowest BCUT2D eigenvalue weighted by atomic mass is 10.0. The standard InChI is InChI=1S/C21H28N2OS/c1-17(2)20(25-16-18-8-4-3-5-9-18)21(24)23-14-10-19(11-15-23)22-12-6-7-13-22/h3-9,12-13,17,19-20H,10-11,14-16H2,1-2H3. The minimum atomic E-state index is 0.0448. The number of amides is 1. The number of benzene rings is 1. The second-order valence-corrected chi connectivity index (χ2v) is 8.28. The third-order valence-electron chi connectivity index (χ3n) is 4.95. The molecular weight excluding hydrogens is 328 g/mol. The molecule has 3 rings (SSSR count). The van der Waals surface area contributed by atoms with Gasteiger partial charge in [0.05, 0.1) is 5.25 Å². The summed E-state index contributed by atoms with van der Waals surface area (Å²) in [6.45, 7) is 6.06. The highest BCUT2D eigenvalue weighted by Gasteiger charge is 2.30. The molecule has 0 radical (unpaired) electrons. The van der Waals surface area contributed by atoms with E-state index in [0.29, 0.717) is 17.9 Å². The number of aromatic nitrogens is 1. The molecule has 25 heavy (non-hydrogen) atoms. The van der Waals surface area contributed by atoms with E-state index in [2.05, 4.69) is 72.1 Å². The van der Waals surface area contributed by atoms with Crippen molar-refractivity contribution in [3.63, 3.8) is 0 Å². The maximum atomic E-state index is 13.1. The molecule has 4 heteroatoms. The number of nitrogens with zero attached hydrogens (tertiary/aromatic N) is 2. The first-order valence-electron chi connectivity index (χ1n) is 9.22. The van der Waals surface area contributed by atoms with Gasteiger partial charge in [-0.15, -0.1) is 11.8 Å². The molecule has 134 valence electrons. The summed E-state index contributed by atoms with van der Waals surface area (Å²) < 4.78 is 2.28. The second kappa shape index (κ2) is 8.61. The Balaban J connectivity index is 1.56. The Morgan fingerprint density at radius 3 is 2.32 bits per heavy atom. The summed E-state index contributed by atoms with van der Waals surface area (Å²) >= 11 is 1.79. The Kier molecular flexibility index (Phi) is 6.24. The summed E-state index contributed by atoms with van der Waals surface area (Å²) in [6.07, 6.45) is 6.37. The van der Waals surface area contributed by atoms with E-state index in [1.54, 1.807) is 11.8 Å². The highest BCUT2D eigenvalue weighted by Crippen LogP contribution is 2.29. The van der Waals surface area contributed by atoms with E-state index in [9.17, 15) is 4.79 Å². The smallest absolute Gasteiger partial charge is 0.235 e. The topological polar surface area (TPSA) is 25.2 Å². The van der Waals surface area contributed by atoms with Crippen molar-refractivity contribution in [2.75, 3.05) is 13.1 Å². The van der Waals surface area contributed by atoms with Crippen molar-refractivity contribution in [3.05, 3.63) is 60.4 Å². The summed E-state index contributed by atoms with van der Waals surface area (Å²) in [7, 11) is 0. The van der Waals surface area contributed by atoms with Crippen molar-refractivity contribution in [1.29, 1.82) is 0 Å². The summed E-state index contributed by atoms with van der Waals surface area (Å²) in [5, 5.41) is 0.0448. The van der Waals surface area contributed by atoms with Crippen LogP contribution in [0.2, 0.25) is 0 Å². The molecule has 1 aromatic heterocycles. The van der Waals surface area contributed by atoms with Gasteiger partial charge in [0.15, 0.2) is 0 Å². The highest BCUT2D eigenvalue weighted by atomic mass is 32.2. The Morgan fingerprint density at radius 2 is 1.72 bits per heavy atom. The van der Waals surface area contributed by atoms with E-state index in [1.165, 1.54) is 5.56 Å². The minimum absolute atomic E-state index is 0.0448. The van der Waals surface area contributed by atoms with Crippen molar-refractivity contribution in [2.24, 2.45) is 5.92 Å².